The summed E-state index contributed by atoms with van der Waals surface area (Å²) in [4.78, 5) is 8.65. The highest BCUT2D eigenvalue weighted by molar-refractivity contribution is 7.92. The van der Waals surface area contributed by atoms with Crippen LogP contribution in [-0.2, 0) is 26.3 Å². The van der Waals surface area contributed by atoms with Gasteiger partial charge >= 0.3 is 6.18 Å². The van der Waals surface area contributed by atoms with Crippen molar-refractivity contribution < 1.29 is 26.3 Å². The molecule has 1 aliphatic carbocycles. The number of anilines is 1. The number of alkyl halides is 3. The summed E-state index contributed by atoms with van der Waals surface area (Å²) in [6.45, 7) is 1.10. The Morgan fingerprint density at radius 3 is 2.21 bits per heavy atom. The number of hydrogen-bond acceptors (Lipinski definition) is 7. The number of likely N-dealkylation sites (N-methyl/N-ethyl adjacent to an activating group) is 1. The van der Waals surface area contributed by atoms with Crippen LogP contribution in [0.1, 0.15) is 36.9 Å². The highest BCUT2D eigenvalue weighted by Crippen LogP contribution is 2.34. The fourth-order valence-corrected chi connectivity index (χ4v) is 6.79. The van der Waals surface area contributed by atoms with E-state index in [-0.39, 0.29) is 16.5 Å². The Hall–Kier alpha value is -3.02. The van der Waals surface area contributed by atoms with Crippen molar-refractivity contribution in [1.82, 2.24) is 15.3 Å². The molecule has 1 aromatic carbocycles. The third kappa shape index (κ3) is 5.27. The summed E-state index contributed by atoms with van der Waals surface area (Å²) >= 11 is 0. The highest BCUT2D eigenvalue weighted by Gasteiger charge is 2.40. The molecule has 0 bridgehead atoms. The maximum atomic E-state index is 13.3. The number of sulfone groups is 1. The number of halogens is 3. The van der Waals surface area contributed by atoms with Crippen molar-refractivity contribution in [1.29, 1.82) is 0 Å². The molecule has 38 heavy (non-hydrogen) atoms. The van der Waals surface area contributed by atoms with Crippen molar-refractivity contribution in [3.8, 4) is 11.1 Å². The van der Waals surface area contributed by atoms with Gasteiger partial charge in [0, 0.05) is 18.4 Å². The molecule has 1 saturated carbocycles. The number of benzene rings is 1. The molecule has 3 heterocycles. The van der Waals surface area contributed by atoms with Gasteiger partial charge in [0.15, 0.2) is 9.84 Å². The van der Waals surface area contributed by atoms with Gasteiger partial charge in [0.25, 0.3) is 0 Å². The van der Waals surface area contributed by atoms with E-state index in [9.17, 15) is 21.6 Å². The minimum absolute atomic E-state index is 0.0454. The first kappa shape index (κ1) is 26.6. The molecule has 1 saturated heterocycles. The van der Waals surface area contributed by atoms with Gasteiger partial charge in [-0.1, -0.05) is 12.1 Å². The monoisotopic (exact) mass is 546 g/mol. The molecule has 0 radical (unpaired) electrons. The van der Waals surface area contributed by atoms with Crippen LogP contribution < -0.4 is 10.6 Å². The predicted molar refractivity (Wildman–Crippen MR) is 137 cm³/mol. The second kappa shape index (κ2) is 10.3. The molecule has 5 rings (SSSR count). The van der Waals surface area contributed by atoms with Gasteiger partial charge in [-0.05, 0) is 80.3 Å². The largest absolute Gasteiger partial charge is 0.417 e. The maximum absolute atomic E-state index is 13.3. The predicted octanol–water partition coefficient (Wildman–Crippen LogP) is 4.80. The second-order valence-electron chi connectivity index (χ2n) is 9.87. The van der Waals surface area contributed by atoms with E-state index in [1.54, 1.807) is 18.3 Å². The van der Waals surface area contributed by atoms with Gasteiger partial charge in [-0.2, -0.15) is 13.2 Å². The van der Waals surface area contributed by atoms with Crippen molar-refractivity contribution in [2.75, 3.05) is 25.6 Å². The quantitative estimate of drug-likeness (QED) is 0.440. The van der Waals surface area contributed by atoms with Crippen LogP contribution in [0.5, 0.6) is 0 Å². The Bertz CT molecular complexity index is 1360. The van der Waals surface area contributed by atoms with Crippen LogP contribution in [0.25, 0.3) is 11.1 Å². The van der Waals surface area contributed by atoms with E-state index in [2.05, 4.69) is 20.6 Å². The maximum Gasteiger partial charge on any atom is 0.417 e. The summed E-state index contributed by atoms with van der Waals surface area (Å²) in [7, 11) is -1.64. The number of rotatable bonds is 7. The third-order valence-corrected chi connectivity index (χ3v) is 9.78. The van der Waals surface area contributed by atoms with E-state index in [1.165, 1.54) is 6.07 Å². The van der Waals surface area contributed by atoms with E-state index >= 15 is 0 Å². The molecule has 2 fully saturated rings. The Kier molecular flexibility index (Phi) is 7.19. The van der Waals surface area contributed by atoms with Crippen molar-refractivity contribution in [2.24, 2.45) is 0 Å². The first-order valence-electron chi connectivity index (χ1n) is 12.5. The zero-order chi connectivity index (χ0) is 27.0. The van der Waals surface area contributed by atoms with Gasteiger partial charge in [-0.3, -0.25) is 4.98 Å². The number of nitrogens with zero attached hydrogens (tertiary/aromatic N) is 2. The van der Waals surface area contributed by atoms with Crippen LogP contribution in [-0.4, -0.2) is 49.9 Å². The summed E-state index contributed by atoms with van der Waals surface area (Å²) in [5.41, 5.74) is 1.63. The number of ether oxygens (including phenoxy) is 1. The molecule has 2 N–H and O–H groups in total. The van der Waals surface area contributed by atoms with Crippen LogP contribution in [0, 0.1) is 0 Å². The Morgan fingerprint density at radius 1 is 0.947 bits per heavy atom. The van der Waals surface area contributed by atoms with E-state index in [1.807, 2.05) is 31.3 Å². The molecule has 11 heteroatoms. The van der Waals surface area contributed by atoms with Crippen molar-refractivity contribution in [3.05, 3.63) is 72.2 Å². The Labute approximate surface area is 219 Å². The lowest BCUT2D eigenvalue weighted by atomic mass is 9.91. The van der Waals surface area contributed by atoms with Crippen molar-refractivity contribution >= 4 is 15.7 Å². The van der Waals surface area contributed by atoms with Crippen LogP contribution in [0.15, 0.2) is 65.8 Å². The zero-order valence-electron chi connectivity index (χ0n) is 20.8. The van der Waals surface area contributed by atoms with Crippen molar-refractivity contribution in [2.45, 2.75) is 53.6 Å². The van der Waals surface area contributed by atoms with Crippen LogP contribution >= 0.6 is 0 Å². The average molecular weight is 547 g/mol. The van der Waals surface area contributed by atoms with E-state index in [0.717, 1.165) is 29.1 Å². The Morgan fingerprint density at radius 2 is 1.66 bits per heavy atom. The molecular formula is C27H29F3N4O3S. The Balaban J connectivity index is 1.22. The fraction of sp³-hybridized carbons (Fsp3) is 0.407. The normalized spacial score (nSPS) is 21.5. The summed E-state index contributed by atoms with van der Waals surface area (Å²) in [5.74, 6) is 0.352. The summed E-state index contributed by atoms with van der Waals surface area (Å²) in [6, 6.07) is 13.1. The molecular weight excluding hydrogens is 517 g/mol. The number of aromatic nitrogens is 2. The molecule has 7 nitrogen and oxygen atoms in total. The van der Waals surface area contributed by atoms with Gasteiger partial charge < -0.3 is 15.4 Å². The van der Waals surface area contributed by atoms with Gasteiger partial charge in [-0.15, -0.1) is 0 Å². The molecule has 3 aromatic rings. The molecule has 0 unspecified atom stereocenters. The highest BCUT2D eigenvalue weighted by atomic mass is 32.2. The lowest BCUT2D eigenvalue weighted by molar-refractivity contribution is -0.137. The van der Waals surface area contributed by atoms with Gasteiger partial charge in [0.2, 0.25) is 0 Å². The minimum Gasteiger partial charge on any atom is -0.377 e. The first-order chi connectivity index (χ1) is 18.1. The number of hydrogen-bond donors (Lipinski definition) is 2. The topological polar surface area (TPSA) is 93.2 Å². The summed E-state index contributed by atoms with van der Waals surface area (Å²) < 4.78 is 70.3. The molecule has 2 aliphatic rings. The van der Waals surface area contributed by atoms with Crippen molar-refractivity contribution in [3.63, 3.8) is 0 Å². The SMILES string of the molecule is CNC1(c2cc(-c3ccc(S(=O)(=O)C4CCC(Nc5ccc(C(F)(F)F)cn5)CC4)cc3)ccn2)COC1. The van der Waals surface area contributed by atoms with Crippen LogP contribution in [0.3, 0.4) is 0 Å². The van der Waals surface area contributed by atoms with E-state index < -0.39 is 26.8 Å². The summed E-state index contributed by atoms with van der Waals surface area (Å²) in [5, 5.41) is 5.91. The van der Waals surface area contributed by atoms with Gasteiger partial charge in [0.1, 0.15) is 11.4 Å². The molecule has 202 valence electrons. The van der Waals surface area contributed by atoms with Crippen LogP contribution in [0.2, 0.25) is 0 Å². The fourth-order valence-electron chi connectivity index (χ4n) is 5.00. The minimum atomic E-state index is -4.43. The second-order valence-corrected chi connectivity index (χ2v) is 12.1. The third-order valence-electron chi connectivity index (χ3n) is 7.50. The van der Waals surface area contributed by atoms with Gasteiger partial charge in [0.05, 0.1) is 34.6 Å². The lowest BCUT2D eigenvalue weighted by Crippen LogP contribution is -2.56. The standard InChI is InChI=1S/C27H29F3N4O3S/c1-31-26(16-37-17-26)24-14-19(12-13-32-24)18-2-7-22(8-3-18)38(35,36)23-9-5-21(6-10-23)34-25-11-4-20(15-33-25)27(28,29)30/h2-4,7-8,11-15,21,23,31H,5-6,9-10,16-17H2,1H3,(H,33,34). The lowest BCUT2D eigenvalue weighted by Gasteiger charge is -2.40. The van der Waals surface area contributed by atoms with Crippen LogP contribution in [0.4, 0.5) is 19.0 Å². The smallest absolute Gasteiger partial charge is 0.377 e. The molecule has 1 aliphatic heterocycles. The summed E-state index contributed by atoms with van der Waals surface area (Å²) in [6.07, 6.45) is 0.213. The molecule has 0 spiro atoms. The number of pyridine rings is 2. The first-order valence-corrected chi connectivity index (χ1v) is 14.0. The molecule has 0 atom stereocenters. The number of nitrogens with one attached hydrogen (secondary N) is 2. The van der Waals surface area contributed by atoms with E-state index in [0.29, 0.717) is 44.7 Å². The van der Waals surface area contributed by atoms with Gasteiger partial charge in [-0.25, -0.2) is 13.4 Å². The molecule has 0 amide bonds. The zero-order valence-corrected chi connectivity index (χ0v) is 21.6. The average Bonchev–Trinajstić information content (AvgIpc) is 2.89. The van der Waals surface area contributed by atoms with E-state index in [4.69, 9.17) is 4.74 Å². The molecule has 2 aromatic heterocycles.